The van der Waals surface area contributed by atoms with Crippen LogP contribution in [0.2, 0.25) is 0 Å². The van der Waals surface area contributed by atoms with Crippen LogP contribution in [-0.2, 0) is 22.9 Å². The molecule has 0 amide bonds. The smallest absolute Gasteiger partial charge is 0.159 e. The van der Waals surface area contributed by atoms with Crippen molar-refractivity contribution in [1.29, 1.82) is 10.5 Å². The van der Waals surface area contributed by atoms with Crippen molar-refractivity contribution in [2.45, 2.75) is 40.9 Å². The molecule has 0 heterocycles. The molecule has 0 radical (unpaired) electrons. The van der Waals surface area contributed by atoms with E-state index in [0.29, 0.717) is 35.6 Å². The molecule has 0 spiro atoms. The number of aromatic hydroxyl groups is 2. The van der Waals surface area contributed by atoms with Crippen LogP contribution in [0, 0.1) is 36.5 Å². The molecule has 4 aromatic rings. The zero-order chi connectivity index (χ0) is 31.8. The Bertz CT molecular complexity index is 1620. The van der Waals surface area contributed by atoms with Gasteiger partial charge in [0.15, 0.2) is 5.78 Å². The second-order valence-electron chi connectivity index (χ2n) is 9.44. The zero-order valence-electron chi connectivity index (χ0n) is 24.9. The molecular weight excluding hydrogens is 580 g/mol. The van der Waals surface area contributed by atoms with Gasteiger partial charge < -0.3 is 15.1 Å². The molecule has 9 nitrogen and oxygen atoms in total. The minimum Gasteiger partial charge on any atom is -0.508 e. The molecule has 4 aromatic carbocycles. The van der Waals surface area contributed by atoms with E-state index in [-0.39, 0.29) is 29.7 Å². The summed E-state index contributed by atoms with van der Waals surface area (Å²) in [6.45, 7) is 7.64. The Kier molecular flexibility index (Phi) is 16.0. The fourth-order valence-electron chi connectivity index (χ4n) is 3.37. The summed E-state index contributed by atoms with van der Waals surface area (Å²) >= 11 is 0. The first-order valence-electron chi connectivity index (χ1n) is 13.1. The maximum absolute atomic E-state index is 10.8. The van der Waals surface area contributed by atoms with Gasteiger partial charge in [-0.2, -0.15) is 10.5 Å². The third-order valence-electron chi connectivity index (χ3n) is 6.09. The van der Waals surface area contributed by atoms with Crippen LogP contribution in [0.15, 0.2) is 90.1 Å². The number of oxime groups is 1. The van der Waals surface area contributed by atoms with Crippen molar-refractivity contribution in [3.63, 3.8) is 0 Å². The fourth-order valence-corrected chi connectivity index (χ4v) is 3.37. The minimum absolute atomic E-state index is 0. The standard InChI is InChI=1S/C17H16N2O2.C9H10O2.C8H8N2O.ClH/c1-12-3-8-16(9-17(12)20)13(2)19-21-11-15-6-4-14(10-18)5-7-15;1-6-3-4-8(7(2)10)5-9(6)11;9-5-7-1-3-8(4-2-7)6-11-10;/h3-9,20H,11H2,1-2H3;3-5,11H,1-2H3;1-4H,6,10H2;1H/b19-13+;;;. The van der Waals surface area contributed by atoms with Crippen LogP contribution in [0.3, 0.4) is 0 Å². The number of benzene rings is 4. The van der Waals surface area contributed by atoms with Gasteiger partial charge in [-0.25, -0.2) is 5.90 Å². The number of aryl methyl sites for hydroxylation is 2. The van der Waals surface area contributed by atoms with Crippen molar-refractivity contribution in [3.8, 4) is 23.6 Å². The second kappa shape index (κ2) is 19.1. The topological polar surface area (TPSA) is 162 Å². The fraction of sp³-hybridized carbons (Fsp3) is 0.176. The molecule has 0 saturated carbocycles. The van der Waals surface area contributed by atoms with Crippen LogP contribution in [-0.4, -0.2) is 21.7 Å². The number of halogens is 1. The van der Waals surface area contributed by atoms with Crippen LogP contribution >= 0.6 is 12.4 Å². The Labute approximate surface area is 263 Å². The van der Waals surface area contributed by atoms with Crippen molar-refractivity contribution < 1.29 is 24.7 Å². The number of hydrogen-bond donors (Lipinski definition) is 3. The molecular formula is C34H35ClN4O5. The normalized spacial score (nSPS) is 9.93. The number of carbonyl (C=O) groups excluding carboxylic acids is 1. The Morgan fingerprint density at radius 3 is 1.59 bits per heavy atom. The molecule has 0 aliphatic carbocycles. The minimum atomic E-state index is -0.0275. The summed E-state index contributed by atoms with van der Waals surface area (Å²) < 4.78 is 0. The number of phenols is 2. The van der Waals surface area contributed by atoms with E-state index in [1.165, 1.54) is 13.0 Å². The lowest BCUT2D eigenvalue weighted by atomic mass is 10.1. The van der Waals surface area contributed by atoms with Crippen LogP contribution in [0.5, 0.6) is 11.5 Å². The molecule has 0 atom stereocenters. The third kappa shape index (κ3) is 12.4. The molecule has 44 heavy (non-hydrogen) atoms. The molecule has 4 rings (SSSR count). The van der Waals surface area contributed by atoms with E-state index in [9.17, 15) is 15.0 Å². The highest BCUT2D eigenvalue weighted by atomic mass is 35.5. The lowest BCUT2D eigenvalue weighted by Crippen LogP contribution is -1.98. The molecule has 0 bridgehead atoms. The number of Topliss-reactive ketones (excluding diaryl/α,β-unsaturated/α-hetero) is 1. The Morgan fingerprint density at radius 1 is 0.750 bits per heavy atom. The first kappa shape index (κ1) is 36.8. The summed E-state index contributed by atoms with van der Waals surface area (Å²) in [6.07, 6.45) is 0. The summed E-state index contributed by atoms with van der Waals surface area (Å²) in [5.41, 5.74) is 6.84. The number of rotatable bonds is 7. The maximum Gasteiger partial charge on any atom is 0.159 e. The number of phenolic OH excluding ortho intramolecular Hbond substituents is 2. The van der Waals surface area contributed by atoms with E-state index in [1.54, 1.807) is 49.4 Å². The summed E-state index contributed by atoms with van der Waals surface area (Å²) in [6, 6.07) is 28.6. The highest BCUT2D eigenvalue weighted by Gasteiger charge is 2.03. The zero-order valence-corrected chi connectivity index (χ0v) is 25.8. The Morgan fingerprint density at radius 2 is 1.18 bits per heavy atom. The van der Waals surface area contributed by atoms with Gasteiger partial charge in [-0.05, 0) is 86.3 Å². The SMILES string of the molecule is C/C(=N\OCc1ccc(C#N)cc1)c1ccc(C)c(O)c1.CC(=O)c1ccc(C)c(O)c1.Cl.N#Cc1ccc(CON)cc1. The van der Waals surface area contributed by atoms with Crippen LogP contribution in [0.1, 0.15) is 63.1 Å². The molecule has 10 heteroatoms. The van der Waals surface area contributed by atoms with Gasteiger partial charge in [-0.15, -0.1) is 12.4 Å². The van der Waals surface area contributed by atoms with Gasteiger partial charge in [0, 0.05) is 11.1 Å². The Hall–Kier alpha value is -5.19. The summed E-state index contributed by atoms with van der Waals surface area (Å²) in [7, 11) is 0. The van der Waals surface area contributed by atoms with Crippen LogP contribution in [0.4, 0.5) is 0 Å². The van der Waals surface area contributed by atoms with Crippen LogP contribution in [0.25, 0.3) is 0 Å². The van der Waals surface area contributed by atoms with Gasteiger partial charge >= 0.3 is 0 Å². The number of nitrogens with two attached hydrogens (primary N) is 1. The molecule has 0 fully saturated rings. The van der Waals surface area contributed by atoms with E-state index in [0.717, 1.165) is 27.8 Å². The van der Waals surface area contributed by atoms with E-state index in [2.05, 4.69) is 16.1 Å². The highest BCUT2D eigenvalue weighted by Crippen LogP contribution is 2.19. The average molecular weight is 615 g/mol. The van der Waals surface area contributed by atoms with Crippen molar-refractivity contribution >= 4 is 23.9 Å². The number of carbonyl (C=O) groups is 1. The van der Waals surface area contributed by atoms with Gasteiger partial charge in [0.1, 0.15) is 18.1 Å². The molecule has 0 saturated heterocycles. The lowest BCUT2D eigenvalue weighted by Gasteiger charge is -2.05. The van der Waals surface area contributed by atoms with Crippen LogP contribution < -0.4 is 5.90 Å². The highest BCUT2D eigenvalue weighted by molar-refractivity contribution is 5.98. The van der Waals surface area contributed by atoms with E-state index in [1.807, 2.05) is 56.3 Å². The maximum atomic E-state index is 10.8. The largest absolute Gasteiger partial charge is 0.508 e. The molecule has 0 aromatic heterocycles. The first-order chi connectivity index (χ1) is 20.6. The van der Waals surface area contributed by atoms with E-state index < -0.39 is 0 Å². The summed E-state index contributed by atoms with van der Waals surface area (Å²) in [5, 5.41) is 40.1. The Balaban J connectivity index is 0.000000357. The molecule has 0 aliphatic rings. The van der Waals surface area contributed by atoms with E-state index in [4.69, 9.17) is 21.3 Å². The van der Waals surface area contributed by atoms with E-state index >= 15 is 0 Å². The monoisotopic (exact) mass is 614 g/mol. The molecule has 4 N–H and O–H groups in total. The predicted octanol–water partition coefficient (Wildman–Crippen LogP) is 6.79. The number of hydrogen-bond acceptors (Lipinski definition) is 9. The molecule has 0 aliphatic heterocycles. The quantitative estimate of drug-likeness (QED) is 0.116. The third-order valence-corrected chi connectivity index (χ3v) is 6.09. The summed E-state index contributed by atoms with van der Waals surface area (Å²) in [4.78, 5) is 20.5. The van der Waals surface area contributed by atoms with Crippen molar-refractivity contribution in [2.24, 2.45) is 11.1 Å². The van der Waals surface area contributed by atoms with Crippen molar-refractivity contribution in [2.75, 3.05) is 0 Å². The molecule has 0 unspecified atom stereocenters. The van der Waals surface area contributed by atoms with Gasteiger partial charge in [0.05, 0.1) is 35.6 Å². The van der Waals surface area contributed by atoms with Crippen molar-refractivity contribution in [3.05, 3.63) is 129 Å². The number of ketones is 1. The number of nitriles is 2. The first-order valence-corrected chi connectivity index (χ1v) is 13.1. The van der Waals surface area contributed by atoms with Gasteiger partial charge in [0.2, 0.25) is 0 Å². The number of nitrogens with zero attached hydrogens (tertiary/aromatic N) is 3. The predicted molar refractivity (Wildman–Crippen MR) is 171 cm³/mol. The average Bonchev–Trinajstić information content (AvgIpc) is 3.01. The van der Waals surface area contributed by atoms with Crippen molar-refractivity contribution in [1.82, 2.24) is 0 Å². The van der Waals surface area contributed by atoms with Gasteiger partial charge in [-0.1, -0.05) is 53.7 Å². The lowest BCUT2D eigenvalue weighted by molar-refractivity contribution is 0.101. The van der Waals surface area contributed by atoms with Gasteiger partial charge in [-0.3, -0.25) is 9.63 Å². The van der Waals surface area contributed by atoms with Gasteiger partial charge in [0.25, 0.3) is 0 Å². The second-order valence-corrected chi connectivity index (χ2v) is 9.44. The molecule has 228 valence electrons. The summed E-state index contributed by atoms with van der Waals surface area (Å²) in [5.74, 6) is 5.26.